The van der Waals surface area contributed by atoms with Crippen LogP contribution in [0, 0.1) is 6.92 Å². The summed E-state index contributed by atoms with van der Waals surface area (Å²) >= 11 is 7.73. The third-order valence-electron chi connectivity index (χ3n) is 3.74. The first kappa shape index (κ1) is 16.9. The van der Waals surface area contributed by atoms with Gasteiger partial charge in [0.05, 0.1) is 16.0 Å². The summed E-state index contributed by atoms with van der Waals surface area (Å²) in [6, 6.07) is 11.3. The van der Waals surface area contributed by atoms with Crippen molar-refractivity contribution >= 4 is 46.6 Å². The van der Waals surface area contributed by atoms with Crippen LogP contribution >= 0.6 is 23.4 Å². The Labute approximate surface area is 150 Å². The molecular formula is C18H17ClN2O2S. The topological polar surface area (TPSA) is 58.2 Å². The minimum atomic E-state index is -0.191. The molecule has 1 aliphatic heterocycles. The van der Waals surface area contributed by atoms with Crippen molar-refractivity contribution in [1.82, 2.24) is 0 Å². The highest BCUT2D eigenvalue weighted by Crippen LogP contribution is 2.38. The lowest BCUT2D eigenvalue weighted by Gasteiger charge is -2.12. The number of nitrogens with one attached hydrogen (secondary N) is 2. The summed E-state index contributed by atoms with van der Waals surface area (Å²) in [6.07, 6.45) is 0.726. The van der Waals surface area contributed by atoms with Crippen LogP contribution in [0.2, 0.25) is 5.02 Å². The van der Waals surface area contributed by atoms with Crippen molar-refractivity contribution in [3.8, 4) is 0 Å². The van der Waals surface area contributed by atoms with Crippen LogP contribution in [-0.2, 0) is 16.0 Å². The number of hydrogen-bond donors (Lipinski definition) is 2. The molecule has 3 rings (SSSR count). The molecule has 2 aromatic rings. The number of thioether (sulfide) groups is 1. The summed E-state index contributed by atoms with van der Waals surface area (Å²) in [7, 11) is 0. The lowest BCUT2D eigenvalue weighted by Crippen LogP contribution is -2.24. The Morgan fingerprint density at radius 2 is 1.96 bits per heavy atom. The number of carbonyl (C=O) groups is 2. The molecule has 2 aromatic carbocycles. The van der Waals surface area contributed by atoms with Crippen molar-refractivity contribution in [2.75, 3.05) is 10.6 Å². The number of anilines is 2. The van der Waals surface area contributed by atoms with Gasteiger partial charge in [0.25, 0.3) is 0 Å². The molecule has 2 N–H and O–H groups in total. The van der Waals surface area contributed by atoms with E-state index < -0.39 is 0 Å². The van der Waals surface area contributed by atoms with E-state index in [1.807, 2.05) is 6.92 Å². The van der Waals surface area contributed by atoms with Gasteiger partial charge in [-0.2, -0.15) is 0 Å². The van der Waals surface area contributed by atoms with E-state index in [-0.39, 0.29) is 17.1 Å². The van der Waals surface area contributed by atoms with Crippen LogP contribution in [0.25, 0.3) is 0 Å². The van der Waals surface area contributed by atoms with Crippen molar-refractivity contribution in [2.24, 2.45) is 0 Å². The Morgan fingerprint density at radius 1 is 1.17 bits per heavy atom. The van der Waals surface area contributed by atoms with E-state index >= 15 is 0 Å². The van der Waals surface area contributed by atoms with Crippen molar-refractivity contribution < 1.29 is 9.59 Å². The molecule has 124 valence electrons. The number of rotatable bonds is 3. The highest BCUT2D eigenvalue weighted by Gasteiger charge is 2.28. The molecule has 1 heterocycles. The van der Waals surface area contributed by atoms with Crippen LogP contribution in [0.3, 0.4) is 0 Å². The number of benzene rings is 2. The molecule has 0 saturated heterocycles. The van der Waals surface area contributed by atoms with E-state index in [1.54, 1.807) is 30.0 Å². The fourth-order valence-corrected chi connectivity index (χ4v) is 4.11. The molecule has 0 fully saturated rings. The highest BCUT2D eigenvalue weighted by molar-refractivity contribution is 8.01. The highest BCUT2D eigenvalue weighted by atomic mass is 35.5. The van der Waals surface area contributed by atoms with Crippen LogP contribution in [0.1, 0.15) is 18.1 Å². The summed E-state index contributed by atoms with van der Waals surface area (Å²) in [5.74, 6) is -0.235. The first-order valence-corrected chi connectivity index (χ1v) is 8.82. The molecule has 0 aromatic heterocycles. The van der Waals surface area contributed by atoms with Gasteiger partial charge in [-0.1, -0.05) is 29.3 Å². The summed E-state index contributed by atoms with van der Waals surface area (Å²) in [6.45, 7) is 3.47. The van der Waals surface area contributed by atoms with Crippen molar-refractivity contribution in [1.29, 1.82) is 0 Å². The van der Waals surface area contributed by atoms with Crippen LogP contribution < -0.4 is 10.6 Å². The molecule has 0 radical (unpaired) electrons. The van der Waals surface area contributed by atoms with E-state index in [9.17, 15) is 9.59 Å². The predicted molar refractivity (Wildman–Crippen MR) is 98.9 cm³/mol. The second kappa shape index (κ2) is 6.87. The predicted octanol–water partition coefficient (Wildman–Crippen LogP) is 4.26. The fraction of sp³-hybridized carbons (Fsp3) is 0.222. The Bertz CT molecular complexity index is 823. The Balaban J connectivity index is 1.68. The smallest absolute Gasteiger partial charge is 0.238 e. The number of hydrogen-bond acceptors (Lipinski definition) is 3. The number of aryl methyl sites for hydroxylation is 1. The normalized spacial score (nSPS) is 15.7. The van der Waals surface area contributed by atoms with Gasteiger partial charge in [-0.25, -0.2) is 0 Å². The molecule has 0 unspecified atom stereocenters. The average molecular weight is 361 g/mol. The van der Waals surface area contributed by atoms with E-state index in [0.717, 1.165) is 6.42 Å². The van der Waals surface area contributed by atoms with Gasteiger partial charge in [0.2, 0.25) is 11.8 Å². The minimum Gasteiger partial charge on any atom is -0.325 e. The lowest BCUT2D eigenvalue weighted by atomic mass is 10.1. The number of carbonyl (C=O) groups excluding carboxylic acids is 2. The van der Waals surface area contributed by atoms with E-state index in [0.29, 0.717) is 16.4 Å². The maximum absolute atomic E-state index is 12.5. The maximum Gasteiger partial charge on any atom is 0.238 e. The quantitative estimate of drug-likeness (QED) is 0.859. The summed E-state index contributed by atoms with van der Waals surface area (Å²) < 4.78 is 0. The van der Waals surface area contributed by atoms with Crippen LogP contribution in [0.5, 0.6) is 0 Å². The van der Waals surface area contributed by atoms with Crippen molar-refractivity contribution in [3.63, 3.8) is 0 Å². The Morgan fingerprint density at radius 3 is 2.67 bits per heavy atom. The molecule has 2 amide bonds. The molecular weight excluding hydrogens is 344 g/mol. The number of fused-ring (bicyclic) bond motifs is 1. The first-order valence-electron chi connectivity index (χ1n) is 7.56. The molecule has 0 bridgehead atoms. The van der Waals surface area contributed by atoms with Gasteiger partial charge >= 0.3 is 0 Å². The van der Waals surface area contributed by atoms with Gasteiger partial charge in [-0.3, -0.25) is 9.59 Å². The van der Waals surface area contributed by atoms with Crippen molar-refractivity contribution in [2.45, 2.75) is 30.4 Å². The zero-order chi connectivity index (χ0) is 17.3. The van der Waals surface area contributed by atoms with Gasteiger partial charge in [-0.05, 0) is 43.2 Å². The second-order valence-corrected chi connectivity index (χ2v) is 7.44. The van der Waals surface area contributed by atoms with E-state index in [4.69, 9.17) is 11.6 Å². The van der Waals surface area contributed by atoms with Gasteiger partial charge in [0.15, 0.2) is 0 Å². The average Bonchev–Trinajstić information content (AvgIpc) is 2.93. The molecule has 0 spiro atoms. The lowest BCUT2D eigenvalue weighted by molar-refractivity contribution is -0.116. The van der Waals surface area contributed by atoms with Crippen LogP contribution in [0.4, 0.5) is 11.4 Å². The minimum absolute atomic E-state index is 0.0443. The van der Waals surface area contributed by atoms with E-state index in [2.05, 4.69) is 28.8 Å². The number of amides is 2. The molecule has 0 aliphatic carbocycles. The summed E-state index contributed by atoms with van der Waals surface area (Å²) in [5, 5.41) is 5.78. The molecule has 1 atom stereocenters. The maximum atomic E-state index is 12.5. The Kier molecular flexibility index (Phi) is 4.83. The largest absolute Gasteiger partial charge is 0.325 e. The van der Waals surface area contributed by atoms with Gasteiger partial charge in [-0.15, -0.1) is 11.8 Å². The first-order chi connectivity index (χ1) is 11.4. The van der Waals surface area contributed by atoms with Gasteiger partial charge < -0.3 is 10.6 Å². The molecule has 24 heavy (non-hydrogen) atoms. The zero-order valence-electron chi connectivity index (χ0n) is 13.4. The van der Waals surface area contributed by atoms with Gasteiger partial charge in [0.1, 0.15) is 0 Å². The summed E-state index contributed by atoms with van der Waals surface area (Å²) in [4.78, 5) is 24.8. The molecule has 0 saturated carbocycles. The van der Waals surface area contributed by atoms with Crippen LogP contribution in [-0.4, -0.2) is 17.1 Å². The van der Waals surface area contributed by atoms with Crippen LogP contribution in [0.15, 0.2) is 41.3 Å². The molecule has 4 nitrogen and oxygen atoms in total. The monoisotopic (exact) mass is 360 g/mol. The molecule has 6 heteroatoms. The third kappa shape index (κ3) is 3.74. The van der Waals surface area contributed by atoms with Gasteiger partial charge in [0, 0.05) is 17.5 Å². The Hall–Kier alpha value is -1.98. The molecule has 1 aliphatic rings. The second-order valence-electron chi connectivity index (χ2n) is 5.79. The standard InChI is InChI=1S/C18H17ClN2O2S/c1-10-3-4-12-8-17(24-16(12)7-10)18(23)21-13-5-6-15(14(19)9-13)20-11(2)22/h3-7,9,17H,8H2,1-2H3,(H,20,22)(H,21,23)/t17-/m0/s1. The van der Waals surface area contributed by atoms with Crippen molar-refractivity contribution in [3.05, 3.63) is 52.5 Å². The zero-order valence-corrected chi connectivity index (χ0v) is 14.9. The summed E-state index contributed by atoms with van der Waals surface area (Å²) in [5.41, 5.74) is 3.56. The van der Waals surface area contributed by atoms with E-state index in [1.165, 1.54) is 22.9 Å². The number of halogens is 1. The third-order valence-corrected chi connectivity index (χ3v) is 5.35. The SMILES string of the molecule is CC(=O)Nc1ccc(NC(=O)[C@@H]2Cc3ccc(C)cc3S2)cc1Cl. The fourth-order valence-electron chi connectivity index (χ4n) is 2.59.